The van der Waals surface area contributed by atoms with Crippen molar-refractivity contribution in [3.63, 3.8) is 0 Å². The van der Waals surface area contributed by atoms with Gasteiger partial charge in [-0.05, 0) is 29.8 Å². The molecule has 0 bridgehead atoms. The fourth-order valence-corrected chi connectivity index (χ4v) is 2.70. The number of nitrogens with one attached hydrogen (secondary N) is 2. The first-order chi connectivity index (χ1) is 10.8. The number of guanidine groups is 1. The summed E-state index contributed by atoms with van der Waals surface area (Å²) in [5, 5.41) is 6.42. The molecule has 0 spiro atoms. The third-order valence-electron chi connectivity index (χ3n) is 2.98. The van der Waals surface area contributed by atoms with Crippen LogP contribution in [-0.4, -0.2) is 25.3 Å². The van der Waals surface area contributed by atoms with Crippen LogP contribution in [0.25, 0.3) is 0 Å². The van der Waals surface area contributed by atoms with E-state index in [-0.39, 0.29) is 29.8 Å². The van der Waals surface area contributed by atoms with Gasteiger partial charge in [0.05, 0.1) is 0 Å². The van der Waals surface area contributed by atoms with Gasteiger partial charge in [0, 0.05) is 30.8 Å². The Labute approximate surface area is 158 Å². The highest BCUT2D eigenvalue weighted by Crippen LogP contribution is 2.15. The minimum Gasteiger partial charge on any atom is -0.356 e. The molecular formula is C17H21FIN3S. The van der Waals surface area contributed by atoms with E-state index in [1.54, 1.807) is 24.9 Å². The van der Waals surface area contributed by atoms with Crippen LogP contribution in [0.5, 0.6) is 0 Å². The zero-order valence-corrected chi connectivity index (χ0v) is 16.1. The summed E-state index contributed by atoms with van der Waals surface area (Å²) in [6.07, 6.45) is 0. The summed E-state index contributed by atoms with van der Waals surface area (Å²) in [7, 11) is 1.73. The van der Waals surface area contributed by atoms with Crippen molar-refractivity contribution in [1.29, 1.82) is 0 Å². The molecule has 0 aliphatic heterocycles. The summed E-state index contributed by atoms with van der Waals surface area (Å²) in [6, 6.07) is 16.8. The molecule has 0 unspecified atom stereocenters. The second kappa shape index (κ2) is 11.3. The van der Waals surface area contributed by atoms with Gasteiger partial charge in [0.25, 0.3) is 0 Å². The number of halogens is 2. The van der Waals surface area contributed by atoms with Crippen LogP contribution >= 0.6 is 35.7 Å². The number of benzene rings is 2. The van der Waals surface area contributed by atoms with Gasteiger partial charge in [0.15, 0.2) is 5.96 Å². The maximum absolute atomic E-state index is 13.1. The minimum absolute atomic E-state index is 0. The number of nitrogens with zero attached hydrogens (tertiary/aromatic N) is 1. The van der Waals surface area contributed by atoms with E-state index in [1.807, 2.05) is 24.3 Å². The number of rotatable bonds is 6. The van der Waals surface area contributed by atoms with Gasteiger partial charge in [-0.15, -0.1) is 35.7 Å². The third-order valence-corrected chi connectivity index (χ3v) is 3.99. The molecule has 2 aromatic rings. The Morgan fingerprint density at radius 1 is 1.09 bits per heavy atom. The zero-order chi connectivity index (χ0) is 15.6. The SMILES string of the molecule is CN=C(NCCSc1ccccc1)NCc1cccc(F)c1.I. The molecule has 0 aliphatic carbocycles. The number of hydrogen-bond acceptors (Lipinski definition) is 2. The van der Waals surface area contributed by atoms with Gasteiger partial charge in [0.1, 0.15) is 5.82 Å². The smallest absolute Gasteiger partial charge is 0.191 e. The summed E-state index contributed by atoms with van der Waals surface area (Å²) < 4.78 is 13.1. The van der Waals surface area contributed by atoms with E-state index in [2.05, 4.69) is 27.8 Å². The lowest BCUT2D eigenvalue weighted by atomic mass is 10.2. The second-order valence-electron chi connectivity index (χ2n) is 4.64. The molecule has 0 radical (unpaired) electrons. The van der Waals surface area contributed by atoms with Crippen molar-refractivity contribution in [2.75, 3.05) is 19.3 Å². The second-order valence-corrected chi connectivity index (χ2v) is 5.81. The molecule has 0 atom stereocenters. The fourth-order valence-electron chi connectivity index (χ4n) is 1.91. The normalized spacial score (nSPS) is 10.8. The summed E-state index contributed by atoms with van der Waals surface area (Å²) in [5.74, 6) is 1.45. The number of thioether (sulfide) groups is 1. The van der Waals surface area contributed by atoms with Crippen LogP contribution in [0, 0.1) is 5.82 Å². The molecule has 2 aromatic carbocycles. The minimum atomic E-state index is -0.221. The molecule has 0 fully saturated rings. The fraction of sp³-hybridized carbons (Fsp3) is 0.235. The van der Waals surface area contributed by atoms with Crippen LogP contribution < -0.4 is 10.6 Å². The highest BCUT2D eigenvalue weighted by molar-refractivity contribution is 14.0. The molecule has 0 heterocycles. The Bertz CT molecular complexity index is 608. The maximum Gasteiger partial charge on any atom is 0.191 e. The topological polar surface area (TPSA) is 36.4 Å². The van der Waals surface area contributed by atoms with Gasteiger partial charge in [-0.2, -0.15) is 0 Å². The van der Waals surface area contributed by atoms with E-state index in [0.717, 1.165) is 23.8 Å². The van der Waals surface area contributed by atoms with Gasteiger partial charge in [-0.3, -0.25) is 4.99 Å². The lowest BCUT2D eigenvalue weighted by Gasteiger charge is -2.12. The van der Waals surface area contributed by atoms with E-state index < -0.39 is 0 Å². The maximum atomic E-state index is 13.1. The molecule has 3 nitrogen and oxygen atoms in total. The van der Waals surface area contributed by atoms with Gasteiger partial charge in [0.2, 0.25) is 0 Å². The monoisotopic (exact) mass is 445 g/mol. The van der Waals surface area contributed by atoms with Crippen LogP contribution in [0.2, 0.25) is 0 Å². The van der Waals surface area contributed by atoms with Crippen molar-refractivity contribution in [3.8, 4) is 0 Å². The standard InChI is InChI=1S/C17H20FN3S.HI/c1-19-17(21-13-14-6-5-7-15(18)12-14)20-10-11-22-16-8-3-2-4-9-16;/h2-9,12H,10-11,13H2,1H3,(H2,19,20,21);1H. The zero-order valence-electron chi connectivity index (χ0n) is 13.0. The van der Waals surface area contributed by atoms with Gasteiger partial charge >= 0.3 is 0 Å². The van der Waals surface area contributed by atoms with Gasteiger partial charge in [-0.25, -0.2) is 4.39 Å². The van der Waals surface area contributed by atoms with E-state index in [4.69, 9.17) is 0 Å². The number of hydrogen-bond donors (Lipinski definition) is 2. The molecular weight excluding hydrogens is 424 g/mol. The van der Waals surface area contributed by atoms with Crippen LogP contribution in [0.1, 0.15) is 5.56 Å². The molecule has 2 N–H and O–H groups in total. The van der Waals surface area contributed by atoms with Crippen LogP contribution in [0.3, 0.4) is 0 Å². The van der Waals surface area contributed by atoms with Crippen molar-refractivity contribution >= 4 is 41.7 Å². The molecule has 0 aliphatic rings. The van der Waals surface area contributed by atoms with Crippen LogP contribution in [-0.2, 0) is 6.54 Å². The Morgan fingerprint density at radius 2 is 1.87 bits per heavy atom. The molecule has 23 heavy (non-hydrogen) atoms. The first-order valence-electron chi connectivity index (χ1n) is 7.15. The van der Waals surface area contributed by atoms with E-state index in [0.29, 0.717) is 6.54 Å². The lowest BCUT2D eigenvalue weighted by molar-refractivity contribution is 0.624. The quantitative estimate of drug-likeness (QED) is 0.233. The average molecular weight is 445 g/mol. The predicted octanol–water partition coefficient (Wildman–Crippen LogP) is 3.90. The molecule has 124 valence electrons. The first kappa shape index (κ1) is 19.8. The Hall–Kier alpha value is -1.28. The summed E-state index contributed by atoms with van der Waals surface area (Å²) in [6.45, 7) is 1.35. The average Bonchev–Trinajstić information content (AvgIpc) is 2.55. The molecule has 0 saturated heterocycles. The van der Waals surface area contributed by atoms with Gasteiger partial charge < -0.3 is 10.6 Å². The van der Waals surface area contributed by atoms with Crippen molar-refractivity contribution < 1.29 is 4.39 Å². The summed E-state index contributed by atoms with van der Waals surface area (Å²) in [5.41, 5.74) is 0.890. The summed E-state index contributed by atoms with van der Waals surface area (Å²) >= 11 is 1.79. The van der Waals surface area contributed by atoms with Crippen molar-refractivity contribution in [3.05, 3.63) is 66.0 Å². The van der Waals surface area contributed by atoms with E-state index in [9.17, 15) is 4.39 Å². The Balaban J connectivity index is 0.00000264. The Morgan fingerprint density at radius 3 is 2.57 bits per heavy atom. The highest BCUT2D eigenvalue weighted by Gasteiger charge is 1.99. The predicted molar refractivity (Wildman–Crippen MR) is 107 cm³/mol. The summed E-state index contributed by atoms with van der Waals surface area (Å²) in [4.78, 5) is 5.42. The molecule has 6 heteroatoms. The highest BCUT2D eigenvalue weighted by atomic mass is 127. The van der Waals surface area contributed by atoms with Crippen LogP contribution in [0.15, 0.2) is 64.5 Å². The van der Waals surface area contributed by atoms with E-state index in [1.165, 1.54) is 17.0 Å². The van der Waals surface area contributed by atoms with Gasteiger partial charge in [-0.1, -0.05) is 30.3 Å². The molecule has 2 rings (SSSR count). The van der Waals surface area contributed by atoms with Crippen molar-refractivity contribution in [1.82, 2.24) is 10.6 Å². The third kappa shape index (κ3) is 7.69. The largest absolute Gasteiger partial charge is 0.356 e. The Kier molecular flexibility index (Phi) is 9.70. The van der Waals surface area contributed by atoms with Crippen molar-refractivity contribution in [2.45, 2.75) is 11.4 Å². The van der Waals surface area contributed by atoms with Crippen LogP contribution in [0.4, 0.5) is 4.39 Å². The first-order valence-corrected chi connectivity index (χ1v) is 8.13. The molecule has 0 saturated carbocycles. The lowest BCUT2D eigenvalue weighted by Crippen LogP contribution is -2.37. The molecule has 0 aromatic heterocycles. The van der Waals surface area contributed by atoms with Crippen molar-refractivity contribution in [2.24, 2.45) is 4.99 Å². The van der Waals surface area contributed by atoms with E-state index >= 15 is 0 Å². The number of aliphatic imine (C=N–C) groups is 1. The molecule has 0 amide bonds.